The van der Waals surface area contributed by atoms with E-state index in [0.717, 1.165) is 37.3 Å². The van der Waals surface area contributed by atoms with Crippen molar-refractivity contribution in [2.24, 2.45) is 5.92 Å². The standard InChI is InChI=1S/C19H29N3O2/c23-14-11-16(15-9-10-15)20-19(24)21-17-7-3-4-8-18(17)22-12-5-1-2-6-13-22/h3-4,7-8,15-16,23H,1-2,5-6,9-14H2,(H2,20,21,24)/t16-/m1/s1. The lowest BCUT2D eigenvalue weighted by Gasteiger charge is -2.26. The Labute approximate surface area is 144 Å². The van der Waals surface area contributed by atoms with Gasteiger partial charge in [0.1, 0.15) is 0 Å². The molecule has 0 bridgehead atoms. The van der Waals surface area contributed by atoms with Crippen molar-refractivity contribution in [3.05, 3.63) is 24.3 Å². The molecule has 1 atom stereocenters. The third kappa shape index (κ3) is 4.63. The number of aliphatic hydroxyl groups is 1. The maximum Gasteiger partial charge on any atom is 0.319 e. The van der Waals surface area contributed by atoms with Crippen LogP contribution in [-0.4, -0.2) is 36.9 Å². The van der Waals surface area contributed by atoms with Gasteiger partial charge in [0.2, 0.25) is 0 Å². The second kappa shape index (κ2) is 8.38. The number of benzene rings is 1. The first kappa shape index (κ1) is 17.1. The zero-order valence-corrected chi connectivity index (χ0v) is 14.3. The molecule has 1 aliphatic heterocycles. The van der Waals surface area contributed by atoms with Crippen molar-refractivity contribution in [1.29, 1.82) is 0 Å². The Morgan fingerprint density at radius 2 is 1.88 bits per heavy atom. The lowest BCUT2D eigenvalue weighted by molar-refractivity contribution is 0.234. The summed E-state index contributed by atoms with van der Waals surface area (Å²) in [6.45, 7) is 2.22. The van der Waals surface area contributed by atoms with E-state index in [0.29, 0.717) is 12.3 Å². The summed E-state index contributed by atoms with van der Waals surface area (Å²) in [5.41, 5.74) is 1.98. The Morgan fingerprint density at radius 3 is 2.54 bits per heavy atom. The minimum atomic E-state index is -0.164. The van der Waals surface area contributed by atoms with Gasteiger partial charge in [-0.15, -0.1) is 0 Å². The van der Waals surface area contributed by atoms with E-state index in [1.807, 2.05) is 18.2 Å². The second-order valence-corrected chi connectivity index (χ2v) is 6.97. The minimum absolute atomic E-state index is 0.0837. The first-order valence-electron chi connectivity index (χ1n) is 9.30. The van der Waals surface area contributed by atoms with Gasteiger partial charge in [-0.2, -0.15) is 0 Å². The summed E-state index contributed by atoms with van der Waals surface area (Å²) in [6.07, 6.45) is 7.92. The molecule has 1 heterocycles. The Kier molecular flexibility index (Phi) is 5.96. The zero-order valence-electron chi connectivity index (χ0n) is 14.3. The Morgan fingerprint density at radius 1 is 1.17 bits per heavy atom. The molecule has 5 heteroatoms. The smallest absolute Gasteiger partial charge is 0.319 e. The molecule has 5 nitrogen and oxygen atoms in total. The number of nitrogens with zero attached hydrogens (tertiary/aromatic N) is 1. The summed E-state index contributed by atoms with van der Waals surface area (Å²) in [5.74, 6) is 0.531. The summed E-state index contributed by atoms with van der Waals surface area (Å²) in [5, 5.41) is 15.2. The van der Waals surface area contributed by atoms with E-state index >= 15 is 0 Å². The van der Waals surface area contributed by atoms with Gasteiger partial charge in [0.15, 0.2) is 0 Å². The van der Waals surface area contributed by atoms with Crippen molar-refractivity contribution in [2.45, 2.75) is 51.0 Å². The number of urea groups is 1. The second-order valence-electron chi connectivity index (χ2n) is 6.97. The van der Waals surface area contributed by atoms with Gasteiger partial charge in [-0.1, -0.05) is 25.0 Å². The number of amides is 2. The van der Waals surface area contributed by atoms with Gasteiger partial charge in [0.05, 0.1) is 11.4 Å². The maximum atomic E-state index is 12.4. The van der Waals surface area contributed by atoms with E-state index in [9.17, 15) is 9.90 Å². The van der Waals surface area contributed by atoms with Gasteiger partial charge in [0.25, 0.3) is 0 Å². The summed E-state index contributed by atoms with van der Waals surface area (Å²) in [7, 11) is 0. The molecular weight excluding hydrogens is 302 g/mol. The Bertz CT molecular complexity index is 537. The predicted octanol–water partition coefficient (Wildman–Crippen LogP) is 3.35. The van der Waals surface area contributed by atoms with Crippen LogP contribution in [0.15, 0.2) is 24.3 Å². The third-order valence-corrected chi connectivity index (χ3v) is 5.05. The topological polar surface area (TPSA) is 64.6 Å². The highest BCUT2D eigenvalue weighted by Gasteiger charge is 2.31. The highest BCUT2D eigenvalue weighted by molar-refractivity contribution is 5.93. The maximum absolute atomic E-state index is 12.4. The van der Waals surface area contributed by atoms with Gasteiger partial charge in [-0.25, -0.2) is 4.79 Å². The summed E-state index contributed by atoms with van der Waals surface area (Å²) in [6, 6.07) is 7.97. The van der Waals surface area contributed by atoms with Crippen LogP contribution >= 0.6 is 0 Å². The van der Waals surface area contributed by atoms with Crippen LogP contribution in [0.4, 0.5) is 16.2 Å². The highest BCUT2D eigenvalue weighted by Crippen LogP contribution is 2.34. The molecule has 2 fully saturated rings. The first-order chi connectivity index (χ1) is 11.8. The molecule has 132 valence electrons. The van der Waals surface area contributed by atoms with E-state index in [1.54, 1.807) is 0 Å². The van der Waals surface area contributed by atoms with Crippen LogP contribution in [0.25, 0.3) is 0 Å². The highest BCUT2D eigenvalue weighted by atomic mass is 16.3. The lowest BCUT2D eigenvalue weighted by atomic mass is 10.1. The zero-order chi connectivity index (χ0) is 16.8. The molecule has 0 radical (unpaired) electrons. The number of aliphatic hydroxyl groups excluding tert-OH is 1. The molecule has 1 saturated carbocycles. The molecule has 0 spiro atoms. The van der Waals surface area contributed by atoms with Gasteiger partial charge >= 0.3 is 6.03 Å². The van der Waals surface area contributed by atoms with Crippen LogP contribution in [0, 0.1) is 5.92 Å². The number of para-hydroxylation sites is 2. The van der Waals surface area contributed by atoms with Crippen molar-refractivity contribution in [3.63, 3.8) is 0 Å². The predicted molar refractivity (Wildman–Crippen MR) is 97.5 cm³/mol. The molecule has 0 aromatic heterocycles. The van der Waals surface area contributed by atoms with Crippen LogP contribution in [0.5, 0.6) is 0 Å². The number of anilines is 2. The minimum Gasteiger partial charge on any atom is -0.396 e. The quantitative estimate of drug-likeness (QED) is 0.749. The molecular formula is C19H29N3O2. The van der Waals surface area contributed by atoms with Gasteiger partial charge < -0.3 is 20.6 Å². The van der Waals surface area contributed by atoms with Gasteiger partial charge in [-0.05, 0) is 50.2 Å². The summed E-state index contributed by atoms with van der Waals surface area (Å²) >= 11 is 0. The van der Waals surface area contributed by atoms with Gasteiger partial charge in [0, 0.05) is 25.7 Å². The van der Waals surface area contributed by atoms with Crippen LogP contribution in [0.1, 0.15) is 44.9 Å². The number of hydrogen-bond acceptors (Lipinski definition) is 3. The molecule has 1 saturated heterocycles. The van der Waals surface area contributed by atoms with E-state index in [4.69, 9.17) is 0 Å². The van der Waals surface area contributed by atoms with Gasteiger partial charge in [-0.3, -0.25) is 0 Å². The van der Waals surface area contributed by atoms with Crippen molar-refractivity contribution in [2.75, 3.05) is 29.9 Å². The number of rotatable bonds is 6. The number of hydrogen-bond donors (Lipinski definition) is 3. The fraction of sp³-hybridized carbons (Fsp3) is 0.632. The molecule has 24 heavy (non-hydrogen) atoms. The molecule has 2 amide bonds. The van der Waals surface area contributed by atoms with Crippen LogP contribution in [0.3, 0.4) is 0 Å². The van der Waals surface area contributed by atoms with Crippen molar-refractivity contribution in [1.82, 2.24) is 5.32 Å². The van der Waals surface area contributed by atoms with E-state index in [2.05, 4.69) is 21.6 Å². The molecule has 1 aromatic carbocycles. The molecule has 1 aromatic rings. The lowest BCUT2D eigenvalue weighted by Crippen LogP contribution is -2.40. The molecule has 3 rings (SSSR count). The number of carbonyl (C=O) groups is 1. The molecule has 3 N–H and O–H groups in total. The molecule has 0 unspecified atom stereocenters. The number of nitrogens with one attached hydrogen (secondary N) is 2. The van der Waals surface area contributed by atoms with Crippen molar-refractivity contribution >= 4 is 17.4 Å². The normalized spacial score (nSPS) is 19.5. The van der Waals surface area contributed by atoms with Crippen LogP contribution < -0.4 is 15.5 Å². The van der Waals surface area contributed by atoms with E-state index < -0.39 is 0 Å². The van der Waals surface area contributed by atoms with Crippen molar-refractivity contribution < 1.29 is 9.90 Å². The average Bonchev–Trinajstić information content (AvgIpc) is 3.42. The van der Waals surface area contributed by atoms with E-state index in [-0.39, 0.29) is 18.7 Å². The first-order valence-corrected chi connectivity index (χ1v) is 9.30. The third-order valence-electron chi connectivity index (χ3n) is 5.05. The largest absolute Gasteiger partial charge is 0.396 e. The number of carbonyl (C=O) groups excluding carboxylic acids is 1. The fourth-order valence-electron chi connectivity index (χ4n) is 3.56. The Hall–Kier alpha value is -1.75. The van der Waals surface area contributed by atoms with Crippen LogP contribution in [0.2, 0.25) is 0 Å². The van der Waals surface area contributed by atoms with Crippen LogP contribution in [-0.2, 0) is 0 Å². The van der Waals surface area contributed by atoms with Crippen molar-refractivity contribution in [3.8, 4) is 0 Å². The Balaban J connectivity index is 1.64. The van der Waals surface area contributed by atoms with E-state index in [1.165, 1.54) is 25.7 Å². The monoisotopic (exact) mass is 331 g/mol. The average molecular weight is 331 g/mol. The molecule has 1 aliphatic carbocycles. The summed E-state index contributed by atoms with van der Waals surface area (Å²) < 4.78 is 0. The molecule has 2 aliphatic rings. The fourth-order valence-corrected chi connectivity index (χ4v) is 3.56. The summed E-state index contributed by atoms with van der Waals surface area (Å²) in [4.78, 5) is 14.8. The SMILES string of the molecule is O=C(Nc1ccccc1N1CCCCCC1)N[C@H](CCO)C1CC1.